The molecule has 2 N–H and O–H groups in total. The fraction of sp³-hybridized carbons (Fsp3) is 0.800. The number of aromatic nitrogens is 3. The van der Waals surface area contributed by atoms with Gasteiger partial charge in [-0.05, 0) is 12.5 Å². The molecule has 16 heavy (non-hydrogen) atoms. The van der Waals surface area contributed by atoms with Crippen LogP contribution in [0.3, 0.4) is 0 Å². The Morgan fingerprint density at radius 2 is 2.19 bits per heavy atom. The van der Waals surface area contributed by atoms with Crippen LogP contribution in [0, 0.1) is 5.92 Å². The lowest BCUT2D eigenvalue weighted by atomic mass is 10.2. The third-order valence-corrected chi connectivity index (χ3v) is 2.20. The fourth-order valence-corrected chi connectivity index (χ4v) is 1.35. The summed E-state index contributed by atoms with van der Waals surface area (Å²) in [6, 6.07) is 0. The molecule has 0 saturated heterocycles. The Morgan fingerprint density at radius 3 is 2.69 bits per heavy atom. The number of aliphatic hydroxyl groups excluding tert-OH is 1. The minimum absolute atomic E-state index is 0.206. The van der Waals surface area contributed by atoms with E-state index < -0.39 is 6.10 Å². The van der Waals surface area contributed by atoms with Crippen molar-refractivity contribution in [2.75, 3.05) is 13.1 Å². The van der Waals surface area contributed by atoms with Gasteiger partial charge in [0.25, 0.3) is 0 Å². The monoisotopic (exact) mass is 228 g/mol. The number of hydrogen-bond donors (Lipinski definition) is 2. The van der Waals surface area contributed by atoms with E-state index in [1.807, 2.05) is 0 Å². The number of rotatable bonds is 6. The Hall–Kier alpha value is -1.14. The second-order valence-corrected chi connectivity index (χ2v) is 4.41. The highest BCUT2D eigenvalue weighted by atomic mass is 16.3. The average molecular weight is 228 g/mol. The van der Waals surface area contributed by atoms with Crippen LogP contribution in [0.25, 0.3) is 0 Å². The second kappa shape index (κ2) is 5.81. The van der Waals surface area contributed by atoms with Gasteiger partial charge in [0.05, 0.1) is 12.6 Å². The molecule has 0 aliphatic heterocycles. The van der Waals surface area contributed by atoms with Crippen molar-refractivity contribution in [1.29, 1.82) is 0 Å². The van der Waals surface area contributed by atoms with E-state index in [1.54, 1.807) is 7.05 Å². The van der Waals surface area contributed by atoms with Crippen molar-refractivity contribution in [3.8, 4) is 0 Å². The maximum Gasteiger partial charge on any atom is 0.345 e. The molecule has 0 fully saturated rings. The minimum atomic E-state index is -0.591. The Bertz CT molecular complexity index is 369. The zero-order chi connectivity index (χ0) is 12.1. The third-order valence-electron chi connectivity index (χ3n) is 2.20. The van der Waals surface area contributed by atoms with Crippen molar-refractivity contribution in [2.45, 2.75) is 26.5 Å². The number of aryl methyl sites for hydroxylation is 1. The molecule has 0 aliphatic carbocycles. The average Bonchev–Trinajstić information content (AvgIpc) is 2.49. The quantitative estimate of drug-likeness (QED) is 0.668. The first-order chi connectivity index (χ1) is 7.50. The van der Waals surface area contributed by atoms with Crippen LogP contribution in [0.15, 0.2) is 11.1 Å². The molecular weight excluding hydrogens is 208 g/mol. The van der Waals surface area contributed by atoms with Gasteiger partial charge >= 0.3 is 5.69 Å². The van der Waals surface area contributed by atoms with Gasteiger partial charge in [-0.25, -0.2) is 9.48 Å². The Kier molecular flexibility index (Phi) is 4.70. The van der Waals surface area contributed by atoms with Crippen LogP contribution in [-0.4, -0.2) is 38.6 Å². The first-order valence-electron chi connectivity index (χ1n) is 5.48. The van der Waals surface area contributed by atoms with E-state index in [2.05, 4.69) is 24.3 Å². The normalized spacial score (nSPS) is 13.3. The molecule has 1 rings (SSSR count). The predicted octanol–water partition coefficient (Wildman–Crippen LogP) is -0.812. The van der Waals surface area contributed by atoms with E-state index in [-0.39, 0.29) is 12.2 Å². The Balaban J connectivity index is 2.37. The van der Waals surface area contributed by atoms with E-state index in [9.17, 15) is 9.90 Å². The molecule has 1 unspecified atom stereocenters. The molecule has 1 heterocycles. The zero-order valence-corrected chi connectivity index (χ0v) is 10.1. The smallest absolute Gasteiger partial charge is 0.345 e. The van der Waals surface area contributed by atoms with Gasteiger partial charge in [-0.15, -0.1) is 0 Å². The molecule has 0 aliphatic rings. The second-order valence-electron chi connectivity index (χ2n) is 4.41. The lowest BCUT2D eigenvalue weighted by molar-refractivity contribution is 0.144. The molecule has 0 aromatic carbocycles. The fourth-order valence-electron chi connectivity index (χ4n) is 1.35. The highest BCUT2D eigenvalue weighted by molar-refractivity contribution is 4.68. The van der Waals surface area contributed by atoms with Crippen LogP contribution in [0.2, 0.25) is 0 Å². The van der Waals surface area contributed by atoms with Crippen LogP contribution < -0.4 is 11.0 Å². The van der Waals surface area contributed by atoms with E-state index in [0.717, 1.165) is 6.54 Å². The lowest BCUT2D eigenvalue weighted by Crippen LogP contribution is -2.35. The molecule has 0 radical (unpaired) electrons. The molecular formula is C10H20N4O2. The molecule has 0 saturated carbocycles. The standard InChI is InChI=1S/C10H20N4O2/c1-8(2)4-11-5-9(15)6-14-10(16)13(3)7-12-14/h7-9,11,15H,4-6H2,1-3H3. The summed E-state index contributed by atoms with van der Waals surface area (Å²) in [7, 11) is 1.63. The maximum atomic E-state index is 11.4. The van der Waals surface area contributed by atoms with Crippen molar-refractivity contribution >= 4 is 0 Å². The van der Waals surface area contributed by atoms with Gasteiger partial charge in [-0.1, -0.05) is 13.8 Å². The van der Waals surface area contributed by atoms with Crippen molar-refractivity contribution in [1.82, 2.24) is 19.7 Å². The van der Waals surface area contributed by atoms with E-state index in [4.69, 9.17) is 0 Å². The summed E-state index contributed by atoms with van der Waals surface area (Å²) in [4.78, 5) is 11.4. The summed E-state index contributed by atoms with van der Waals surface area (Å²) in [6.07, 6.45) is 0.850. The molecule has 1 aromatic heterocycles. The van der Waals surface area contributed by atoms with Gasteiger partial charge in [-0.2, -0.15) is 5.10 Å². The van der Waals surface area contributed by atoms with Gasteiger partial charge in [0, 0.05) is 13.6 Å². The van der Waals surface area contributed by atoms with Crippen LogP contribution in [0.5, 0.6) is 0 Å². The third kappa shape index (κ3) is 3.79. The maximum absolute atomic E-state index is 11.4. The van der Waals surface area contributed by atoms with Gasteiger partial charge < -0.3 is 10.4 Å². The molecule has 6 heteroatoms. The minimum Gasteiger partial charge on any atom is -0.390 e. The largest absolute Gasteiger partial charge is 0.390 e. The summed E-state index contributed by atoms with van der Waals surface area (Å²) in [5.41, 5.74) is -0.206. The van der Waals surface area contributed by atoms with Crippen LogP contribution in [-0.2, 0) is 13.6 Å². The summed E-state index contributed by atoms with van der Waals surface area (Å²) in [6.45, 7) is 5.76. The number of nitrogens with one attached hydrogen (secondary N) is 1. The van der Waals surface area contributed by atoms with Crippen LogP contribution in [0.4, 0.5) is 0 Å². The van der Waals surface area contributed by atoms with Crippen LogP contribution >= 0.6 is 0 Å². The van der Waals surface area contributed by atoms with Gasteiger partial charge in [0.2, 0.25) is 0 Å². The summed E-state index contributed by atoms with van der Waals surface area (Å²) < 4.78 is 2.65. The summed E-state index contributed by atoms with van der Waals surface area (Å²) >= 11 is 0. The highest BCUT2D eigenvalue weighted by Crippen LogP contribution is 1.89. The SMILES string of the molecule is CC(C)CNCC(O)Cn1ncn(C)c1=O. The molecule has 0 amide bonds. The molecule has 92 valence electrons. The van der Waals surface area contributed by atoms with Crippen molar-refractivity contribution in [2.24, 2.45) is 13.0 Å². The molecule has 0 bridgehead atoms. The molecule has 1 aromatic rings. The first kappa shape index (κ1) is 12.9. The Labute approximate surface area is 94.9 Å². The topological polar surface area (TPSA) is 72.1 Å². The summed E-state index contributed by atoms with van der Waals surface area (Å²) in [5.74, 6) is 0.546. The van der Waals surface area contributed by atoms with Gasteiger partial charge in [-0.3, -0.25) is 4.57 Å². The van der Waals surface area contributed by atoms with E-state index >= 15 is 0 Å². The van der Waals surface area contributed by atoms with Crippen LogP contribution in [0.1, 0.15) is 13.8 Å². The zero-order valence-electron chi connectivity index (χ0n) is 10.1. The number of hydrogen-bond acceptors (Lipinski definition) is 4. The Morgan fingerprint density at radius 1 is 1.50 bits per heavy atom. The summed E-state index contributed by atoms with van der Waals surface area (Å²) in [5, 5.41) is 16.7. The van der Waals surface area contributed by atoms with Crippen molar-refractivity contribution < 1.29 is 5.11 Å². The molecule has 6 nitrogen and oxygen atoms in total. The van der Waals surface area contributed by atoms with E-state index in [0.29, 0.717) is 12.5 Å². The molecule has 1 atom stereocenters. The lowest BCUT2D eigenvalue weighted by Gasteiger charge is -2.12. The molecule has 0 spiro atoms. The number of aliphatic hydroxyl groups is 1. The van der Waals surface area contributed by atoms with Gasteiger partial charge in [0.15, 0.2) is 0 Å². The van der Waals surface area contributed by atoms with Crippen molar-refractivity contribution in [3.05, 3.63) is 16.8 Å². The first-order valence-corrected chi connectivity index (χ1v) is 5.48. The van der Waals surface area contributed by atoms with Crippen molar-refractivity contribution in [3.63, 3.8) is 0 Å². The van der Waals surface area contributed by atoms with Gasteiger partial charge in [0.1, 0.15) is 6.33 Å². The predicted molar refractivity (Wildman–Crippen MR) is 61.2 cm³/mol. The number of nitrogens with zero attached hydrogens (tertiary/aromatic N) is 3. The van der Waals surface area contributed by atoms with E-state index in [1.165, 1.54) is 15.6 Å². The highest BCUT2D eigenvalue weighted by Gasteiger charge is 2.08.